The molecule has 0 radical (unpaired) electrons. The van der Waals surface area contributed by atoms with Crippen LogP contribution in [0.15, 0.2) is 97.3 Å². The molecule has 48 heavy (non-hydrogen) atoms. The summed E-state index contributed by atoms with van der Waals surface area (Å²) in [6, 6.07) is 26.2. The number of ether oxygens (including phenoxy) is 5. The monoisotopic (exact) mass is 655 g/mol. The van der Waals surface area contributed by atoms with Gasteiger partial charge in [0, 0.05) is 32.2 Å². The highest BCUT2D eigenvalue weighted by Crippen LogP contribution is 2.36. The molecule has 0 saturated carbocycles. The fraction of sp³-hybridized carbons (Fsp3) is 0.351. The Morgan fingerprint density at radius 2 is 1.81 bits per heavy atom. The van der Waals surface area contributed by atoms with E-state index < -0.39 is 24.2 Å². The van der Waals surface area contributed by atoms with Crippen molar-refractivity contribution in [3.63, 3.8) is 0 Å². The molecule has 0 bridgehead atoms. The van der Waals surface area contributed by atoms with Crippen molar-refractivity contribution in [2.24, 2.45) is 0 Å². The Bertz CT molecular complexity index is 1640. The zero-order valence-electron chi connectivity index (χ0n) is 27.0. The fourth-order valence-electron chi connectivity index (χ4n) is 6.18. The summed E-state index contributed by atoms with van der Waals surface area (Å²) in [5.74, 6) is 1.37. The number of hydrogen-bond donors (Lipinski definition) is 1. The fourth-order valence-corrected chi connectivity index (χ4v) is 6.18. The molecular weight excluding hydrogens is 614 g/mol. The van der Waals surface area contributed by atoms with Gasteiger partial charge in [-0.05, 0) is 53.4 Å². The normalized spacial score (nSPS) is 18.9. The summed E-state index contributed by atoms with van der Waals surface area (Å²) in [6.07, 6.45) is 1.68. The summed E-state index contributed by atoms with van der Waals surface area (Å²) in [4.78, 5) is 17.0. The number of piperidine rings is 1. The molecule has 252 valence electrons. The highest BCUT2D eigenvalue weighted by atomic mass is 16.6. The maximum Gasteiger partial charge on any atom is 0.410 e. The minimum atomic E-state index is -0.915. The first-order valence-corrected chi connectivity index (χ1v) is 16.2. The second-order valence-corrected chi connectivity index (χ2v) is 11.9. The number of pyridine rings is 1. The molecule has 0 spiro atoms. The van der Waals surface area contributed by atoms with E-state index in [1.165, 1.54) is 17.3 Å². The van der Waals surface area contributed by atoms with E-state index in [0.29, 0.717) is 29.4 Å². The summed E-state index contributed by atoms with van der Waals surface area (Å²) in [5, 5.41) is 23.1. The number of aromatic nitrogens is 1. The summed E-state index contributed by atoms with van der Waals surface area (Å²) < 4.78 is 29.9. The zero-order valence-corrected chi connectivity index (χ0v) is 27.0. The minimum Gasteiger partial charge on any atom is -0.619 e. The van der Waals surface area contributed by atoms with E-state index in [1.807, 2.05) is 54.6 Å². The highest BCUT2D eigenvalue weighted by molar-refractivity contribution is 5.68. The molecule has 1 fully saturated rings. The molecule has 11 heteroatoms. The number of hydrogen-bond acceptors (Lipinski definition) is 9. The number of nitrogens with zero attached hydrogens (tertiary/aromatic N) is 3. The molecule has 2 aliphatic heterocycles. The van der Waals surface area contributed by atoms with Crippen molar-refractivity contribution in [1.82, 2.24) is 4.90 Å². The first-order chi connectivity index (χ1) is 23.5. The van der Waals surface area contributed by atoms with Gasteiger partial charge in [-0.3, -0.25) is 0 Å². The topological polar surface area (TPSA) is 117 Å². The number of β-amino-alcohol motifs (C(OH)–C–C–N with tert-alkyl or cyclic N) is 1. The van der Waals surface area contributed by atoms with Crippen LogP contribution in [-0.2, 0) is 27.4 Å². The van der Waals surface area contributed by atoms with Crippen LogP contribution in [0.1, 0.15) is 29.0 Å². The smallest absolute Gasteiger partial charge is 0.410 e. The highest BCUT2D eigenvalue weighted by Gasteiger charge is 2.40. The lowest BCUT2D eigenvalue weighted by molar-refractivity contribution is -0.605. The predicted octanol–water partition coefficient (Wildman–Crippen LogP) is 5.03. The molecule has 3 unspecified atom stereocenters. The molecule has 11 nitrogen and oxygen atoms in total. The number of fused-ring (bicyclic) bond motifs is 1. The van der Waals surface area contributed by atoms with Crippen molar-refractivity contribution < 1.29 is 38.3 Å². The number of carbonyl (C=O) groups is 1. The summed E-state index contributed by atoms with van der Waals surface area (Å²) in [5.41, 5.74) is 3.69. The second kappa shape index (κ2) is 15.8. The molecule has 0 aliphatic carbocycles. The number of aliphatic hydroxyl groups is 1. The Balaban J connectivity index is 1.19. The van der Waals surface area contributed by atoms with Crippen molar-refractivity contribution in [3.8, 4) is 17.2 Å². The van der Waals surface area contributed by atoms with Crippen LogP contribution in [0, 0.1) is 5.21 Å². The van der Waals surface area contributed by atoms with Crippen LogP contribution >= 0.6 is 0 Å². The number of aliphatic hydroxyl groups excluding tert-OH is 1. The molecule has 1 aromatic heterocycles. The van der Waals surface area contributed by atoms with Crippen molar-refractivity contribution in [2.75, 3.05) is 51.4 Å². The quantitative estimate of drug-likeness (QED) is 0.127. The Labute approximate surface area is 280 Å². The van der Waals surface area contributed by atoms with E-state index in [-0.39, 0.29) is 26.3 Å². The minimum absolute atomic E-state index is 0.0938. The van der Waals surface area contributed by atoms with Gasteiger partial charge >= 0.3 is 6.09 Å². The lowest BCUT2D eigenvalue weighted by Gasteiger charge is -2.41. The molecule has 1 N–H and O–H groups in total. The third-order valence-electron chi connectivity index (χ3n) is 8.56. The molecular formula is C37H41N3O8. The number of methoxy groups -OCH3 is 1. The second-order valence-electron chi connectivity index (χ2n) is 11.9. The summed E-state index contributed by atoms with van der Waals surface area (Å²) >= 11 is 0. The average Bonchev–Trinajstić information content (AvgIpc) is 3.10. The summed E-state index contributed by atoms with van der Waals surface area (Å²) in [6.45, 7) is 3.69. The van der Waals surface area contributed by atoms with Crippen molar-refractivity contribution >= 4 is 11.8 Å². The molecule has 3 heterocycles. The van der Waals surface area contributed by atoms with Crippen LogP contribution in [-0.4, -0.2) is 74.8 Å². The summed E-state index contributed by atoms with van der Waals surface area (Å²) in [7, 11) is 1.71. The van der Waals surface area contributed by atoms with Crippen molar-refractivity contribution in [3.05, 3.63) is 119 Å². The van der Waals surface area contributed by atoms with Crippen LogP contribution in [0.2, 0.25) is 0 Å². The number of likely N-dealkylation sites (tertiary alicyclic amines) is 1. The molecule has 4 aromatic rings. The lowest BCUT2D eigenvalue weighted by Crippen LogP contribution is -2.53. The van der Waals surface area contributed by atoms with E-state index in [4.69, 9.17) is 23.7 Å². The number of amides is 1. The van der Waals surface area contributed by atoms with E-state index in [9.17, 15) is 15.1 Å². The van der Waals surface area contributed by atoms with Crippen LogP contribution < -0.4 is 19.1 Å². The van der Waals surface area contributed by atoms with Gasteiger partial charge in [0.2, 0.25) is 6.20 Å². The number of anilines is 1. The maximum atomic E-state index is 13.2. The van der Waals surface area contributed by atoms with E-state index >= 15 is 0 Å². The number of benzene rings is 3. The first-order valence-electron chi connectivity index (χ1n) is 16.2. The largest absolute Gasteiger partial charge is 0.619 e. The average molecular weight is 656 g/mol. The number of rotatable bonds is 12. The van der Waals surface area contributed by atoms with Gasteiger partial charge in [-0.25, -0.2) is 4.79 Å². The van der Waals surface area contributed by atoms with Gasteiger partial charge in [-0.2, -0.15) is 4.73 Å². The van der Waals surface area contributed by atoms with Crippen molar-refractivity contribution in [1.29, 1.82) is 0 Å². The lowest BCUT2D eigenvalue weighted by atomic mass is 9.84. The van der Waals surface area contributed by atoms with Gasteiger partial charge in [-0.15, -0.1) is 0 Å². The van der Waals surface area contributed by atoms with E-state index in [1.54, 1.807) is 31.4 Å². The molecule has 6 rings (SSSR count). The van der Waals surface area contributed by atoms with Gasteiger partial charge < -0.3 is 43.8 Å². The van der Waals surface area contributed by atoms with Crippen LogP contribution in [0.4, 0.5) is 10.5 Å². The van der Waals surface area contributed by atoms with Crippen LogP contribution in [0.3, 0.4) is 0 Å². The molecule has 3 aromatic carbocycles. The Kier molecular flexibility index (Phi) is 10.9. The molecule has 2 aliphatic rings. The van der Waals surface area contributed by atoms with Gasteiger partial charge in [-0.1, -0.05) is 48.5 Å². The third kappa shape index (κ3) is 8.35. The Morgan fingerprint density at radius 1 is 0.979 bits per heavy atom. The van der Waals surface area contributed by atoms with E-state index in [0.717, 1.165) is 47.6 Å². The zero-order chi connectivity index (χ0) is 33.3. The number of carbonyl (C=O) groups excluding carboxylic acids is 1. The van der Waals surface area contributed by atoms with Crippen LogP contribution in [0.25, 0.3) is 0 Å². The molecule has 1 saturated heterocycles. The SMILES string of the molecule is COCCCN1CCOc2ccc(COC3CN(C(=O)OCc4ccccc4)CC(O)C3c3ccc(Oc4ccc[n+]([O-])c4)cc3)cc21. The van der Waals surface area contributed by atoms with Gasteiger partial charge in [0.05, 0.1) is 44.1 Å². The Morgan fingerprint density at radius 3 is 2.60 bits per heavy atom. The predicted molar refractivity (Wildman–Crippen MR) is 178 cm³/mol. The Hall–Kier alpha value is -4.84. The van der Waals surface area contributed by atoms with E-state index in [2.05, 4.69) is 11.0 Å². The van der Waals surface area contributed by atoms with Crippen LogP contribution in [0.5, 0.6) is 17.2 Å². The van der Waals surface area contributed by atoms with Gasteiger partial charge in [0.15, 0.2) is 11.9 Å². The van der Waals surface area contributed by atoms with Gasteiger partial charge in [0.1, 0.15) is 24.7 Å². The van der Waals surface area contributed by atoms with Gasteiger partial charge in [0.25, 0.3) is 0 Å². The molecule has 1 amide bonds. The standard InChI is InChI=1S/C37H41N3O8/c1-44-19-6-16-38-18-20-45-34-15-10-28(21-32(34)38)26-46-35-24-39(37(42)47-25-27-7-3-2-4-8-27)23-33(41)36(35)29-11-13-30(14-12-29)48-31-9-5-17-40(43)22-31/h2-5,7-15,17,21-22,33,35-36,41H,6,16,18-20,23-26H2,1H3. The maximum absolute atomic E-state index is 13.2. The first kappa shape index (κ1) is 33.1. The molecule has 3 atom stereocenters. The third-order valence-corrected chi connectivity index (χ3v) is 8.56. The van der Waals surface area contributed by atoms with Crippen molar-refractivity contribution in [2.45, 2.75) is 37.8 Å².